The van der Waals surface area contributed by atoms with E-state index < -0.39 is 0 Å². The minimum Gasteiger partial charge on any atom is -0.427 e. The van der Waals surface area contributed by atoms with Crippen LogP contribution in [0.4, 0.5) is 0 Å². The minimum absolute atomic E-state index is 0.167. The zero-order chi connectivity index (χ0) is 24.6. The van der Waals surface area contributed by atoms with Gasteiger partial charge in [0.15, 0.2) is 0 Å². The van der Waals surface area contributed by atoms with Crippen LogP contribution in [0.25, 0.3) is 11.1 Å². The number of esters is 2. The van der Waals surface area contributed by atoms with E-state index in [2.05, 4.69) is 13.8 Å². The number of benzene rings is 2. The lowest BCUT2D eigenvalue weighted by atomic mass is 10.1. The van der Waals surface area contributed by atoms with E-state index in [1.807, 2.05) is 55.5 Å². The molecule has 0 N–H and O–H groups in total. The zero-order valence-corrected chi connectivity index (χ0v) is 21.3. The molecule has 34 heavy (non-hydrogen) atoms. The fourth-order valence-electron chi connectivity index (χ4n) is 3.80. The maximum Gasteiger partial charge on any atom is 0.311 e. The third-order valence-corrected chi connectivity index (χ3v) is 6.20. The van der Waals surface area contributed by atoms with Gasteiger partial charge in [0.2, 0.25) is 0 Å². The number of hydrogen-bond donors (Lipinski definition) is 0. The van der Waals surface area contributed by atoms with Gasteiger partial charge in [-0.05, 0) is 47.7 Å². The van der Waals surface area contributed by atoms with Crippen LogP contribution < -0.4 is 9.47 Å². The van der Waals surface area contributed by atoms with Gasteiger partial charge in [-0.15, -0.1) is 0 Å². The molecule has 4 heteroatoms. The number of rotatable bonds is 16. The molecule has 0 heterocycles. The largest absolute Gasteiger partial charge is 0.427 e. The maximum atomic E-state index is 12.1. The highest BCUT2D eigenvalue weighted by Gasteiger charge is 2.10. The summed E-state index contributed by atoms with van der Waals surface area (Å²) in [6, 6.07) is 15.0. The Balaban J connectivity index is 1.70. The van der Waals surface area contributed by atoms with E-state index in [0.29, 0.717) is 30.3 Å². The summed E-state index contributed by atoms with van der Waals surface area (Å²) in [6.07, 6.45) is 12.9. The summed E-state index contributed by atoms with van der Waals surface area (Å²) >= 11 is 0. The molecule has 186 valence electrons. The average Bonchev–Trinajstić information content (AvgIpc) is 2.84. The highest BCUT2D eigenvalue weighted by atomic mass is 16.5. The Morgan fingerprint density at radius 2 is 1.09 bits per heavy atom. The maximum absolute atomic E-state index is 12.1. The van der Waals surface area contributed by atoms with Crippen molar-refractivity contribution in [1.82, 2.24) is 0 Å². The summed E-state index contributed by atoms with van der Waals surface area (Å²) in [6.45, 7) is 6.35. The normalized spacial score (nSPS) is 11.7. The predicted molar refractivity (Wildman–Crippen MR) is 139 cm³/mol. The van der Waals surface area contributed by atoms with Gasteiger partial charge < -0.3 is 9.47 Å². The second kappa shape index (κ2) is 16.1. The first-order valence-electron chi connectivity index (χ1n) is 13.1. The molecule has 0 amide bonds. The van der Waals surface area contributed by atoms with Gasteiger partial charge in [-0.25, -0.2) is 0 Å². The fraction of sp³-hybridized carbons (Fsp3) is 0.533. The number of carbonyl (C=O) groups excluding carboxylic acids is 2. The molecule has 0 fully saturated rings. The lowest BCUT2D eigenvalue weighted by Gasteiger charge is -2.09. The first kappa shape index (κ1) is 27.6. The molecule has 2 rings (SSSR count). The van der Waals surface area contributed by atoms with E-state index in [1.54, 1.807) is 0 Å². The van der Waals surface area contributed by atoms with Crippen molar-refractivity contribution in [2.24, 2.45) is 5.92 Å². The number of ether oxygens (including phenoxy) is 2. The Labute approximate surface area is 206 Å². The molecule has 0 aromatic heterocycles. The molecule has 1 atom stereocenters. The van der Waals surface area contributed by atoms with E-state index in [1.165, 1.54) is 44.9 Å². The molecule has 4 nitrogen and oxygen atoms in total. The Hall–Kier alpha value is -2.62. The number of carbonyl (C=O) groups is 2. The van der Waals surface area contributed by atoms with Gasteiger partial charge in [0, 0.05) is 12.8 Å². The minimum atomic E-state index is -0.198. The fourth-order valence-corrected chi connectivity index (χ4v) is 3.80. The molecule has 0 aliphatic rings. The van der Waals surface area contributed by atoms with Gasteiger partial charge in [-0.3, -0.25) is 9.59 Å². The van der Waals surface area contributed by atoms with Crippen molar-refractivity contribution >= 4 is 11.9 Å². The van der Waals surface area contributed by atoms with Crippen molar-refractivity contribution in [3.63, 3.8) is 0 Å². The van der Waals surface area contributed by atoms with E-state index >= 15 is 0 Å². The highest BCUT2D eigenvalue weighted by Crippen LogP contribution is 2.25. The lowest BCUT2D eigenvalue weighted by molar-refractivity contribution is -0.136. The Bertz CT molecular complexity index is 839. The van der Waals surface area contributed by atoms with Crippen LogP contribution in [0.15, 0.2) is 48.5 Å². The van der Waals surface area contributed by atoms with Gasteiger partial charge in [-0.2, -0.15) is 0 Å². The third kappa shape index (κ3) is 11.0. The smallest absolute Gasteiger partial charge is 0.311 e. The summed E-state index contributed by atoms with van der Waals surface area (Å²) in [5, 5.41) is 0. The molecular weight excluding hydrogens is 424 g/mol. The molecule has 0 saturated carbocycles. The zero-order valence-electron chi connectivity index (χ0n) is 21.3. The van der Waals surface area contributed by atoms with Crippen LogP contribution in [0.5, 0.6) is 11.5 Å². The number of unbranched alkanes of at least 4 members (excludes halogenated alkanes) is 8. The van der Waals surface area contributed by atoms with Crippen LogP contribution in [0, 0.1) is 5.92 Å². The Morgan fingerprint density at radius 3 is 1.56 bits per heavy atom. The van der Waals surface area contributed by atoms with Gasteiger partial charge in [-0.1, -0.05) is 103 Å². The molecular formula is C30H42O4. The second-order valence-corrected chi connectivity index (χ2v) is 9.29. The molecule has 2 aromatic rings. The van der Waals surface area contributed by atoms with Gasteiger partial charge in [0.25, 0.3) is 0 Å². The van der Waals surface area contributed by atoms with E-state index in [0.717, 1.165) is 30.4 Å². The second-order valence-electron chi connectivity index (χ2n) is 9.29. The van der Waals surface area contributed by atoms with Crippen LogP contribution in [0.2, 0.25) is 0 Å². The molecule has 0 radical (unpaired) electrons. The van der Waals surface area contributed by atoms with Crippen LogP contribution in [0.1, 0.15) is 97.8 Å². The van der Waals surface area contributed by atoms with Crippen LogP contribution in [0.3, 0.4) is 0 Å². The molecule has 0 aliphatic carbocycles. The van der Waals surface area contributed by atoms with Gasteiger partial charge >= 0.3 is 11.9 Å². The summed E-state index contributed by atoms with van der Waals surface area (Å²) in [7, 11) is 0. The summed E-state index contributed by atoms with van der Waals surface area (Å²) in [5.74, 6) is 1.08. The summed E-state index contributed by atoms with van der Waals surface area (Å²) in [4.78, 5) is 24.1. The highest BCUT2D eigenvalue weighted by molar-refractivity contribution is 5.74. The van der Waals surface area contributed by atoms with Crippen molar-refractivity contribution in [2.45, 2.75) is 97.8 Å². The molecule has 2 aromatic carbocycles. The first-order chi connectivity index (χ1) is 16.5. The van der Waals surface area contributed by atoms with Crippen molar-refractivity contribution in [2.75, 3.05) is 0 Å². The molecule has 0 spiro atoms. The van der Waals surface area contributed by atoms with Crippen LogP contribution in [-0.2, 0) is 9.59 Å². The van der Waals surface area contributed by atoms with Crippen molar-refractivity contribution in [1.29, 1.82) is 0 Å². The summed E-state index contributed by atoms with van der Waals surface area (Å²) in [5.41, 5.74) is 2.02. The third-order valence-electron chi connectivity index (χ3n) is 6.20. The monoisotopic (exact) mass is 466 g/mol. The molecule has 0 aliphatic heterocycles. The molecule has 0 bridgehead atoms. The average molecular weight is 467 g/mol. The number of hydrogen-bond acceptors (Lipinski definition) is 4. The van der Waals surface area contributed by atoms with Crippen molar-refractivity contribution in [3.8, 4) is 22.6 Å². The quantitative estimate of drug-likeness (QED) is 0.141. The molecule has 0 saturated heterocycles. The van der Waals surface area contributed by atoms with E-state index in [-0.39, 0.29) is 11.9 Å². The van der Waals surface area contributed by atoms with Crippen LogP contribution in [-0.4, -0.2) is 11.9 Å². The van der Waals surface area contributed by atoms with Crippen molar-refractivity contribution < 1.29 is 19.1 Å². The first-order valence-corrected chi connectivity index (χ1v) is 13.1. The predicted octanol–water partition coefficient (Wildman–Crippen LogP) is 8.52. The molecule has 1 unspecified atom stereocenters. The SMILES string of the molecule is CCCCCCCCCCCC(=O)Oc1ccc(-c2ccc(OC(=O)CC(C)CC)cc2)cc1. The van der Waals surface area contributed by atoms with Crippen molar-refractivity contribution in [3.05, 3.63) is 48.5 Å². The topological polar surface area (TPSA) is 52.6 Å². The Kier molecular flexibility index (Phi) is 13.1. The van der Waals surface area contributed by atoms with Gasteiger partial charge in [0.1, 0.15) is 11.5 Å². The summed E-state index contributed by atoms with van der Waals surface area (Å²) < 4.78 is 10.9. The van der Waals surface area contributed by atoms with E-state index in [9.17, 15) is 9.59 Å². The lowest BCUT2D eigenvalue weighted by Crippen LogP contribution is -2.11. The van der Waals surface area contributed by atoms with Gasteiger partial charge in [0.05, 0.1) is 0 Å². The standard InChI is InChI=1S/C30H42O4/c1-4-6-7-8-9-10-11-12-13-14-29(31)33-27-19-15-25(16-20-27)26-17-21-28(22-18-26)34-30(32)23-24(3)5-2/h15-22,24H,4-14,23H2,1-3H3. The Morgan fingerprint density at radius 1 is 0.647 bits per heavy atom. The van der Waals surface area contributed by atoms with Crippen LogP contribution >= 0.6 is 0 Å². The van der Waals surface area contributed by atoms with E-state index in [4.69, 9.17) is 9.47 Å².